The molecule has 0 aliphatic heterocycles. The van der Waals surface area contributed by atoms with E-state index in [0.29, 0.717) is 13.2 Å². The summed E-state index contributed by atoms with van der Waals surface area (Å²) in [6.45, 7) is 2.90. The third-order valence-electron chi connectivity index (χ3n) is 4.27. The lowest BCUT2D eigenvalue weighted by atomic mass is 10.1. The van der Waals surface area contributed by atoms with Crippen LogP contribution in [0.25, 0.3) is 0 Å². The van der Waals surface area contributed by atoms with Crippen molar-refractivity contribution in [3.8, 4) is 5.75 Å². The molecule has 6 heteroatoms. The smallest absolute Gasteiger partial charge is 0.335 e. The maximum atomic E-state index is 10.9. The minimum Gasteiger partial charge on any atom is -0.489 e. The van der Waals surface area contributed by atoms with Crippen LogP contribution in [0.5, 0.6) is 5.75 Å². The SMILES string of the molecule is Cc1ccc(NCc2cc(Br)ccc2OCc2ccc(C(=O)O)cc2)cc1Cl. The minimum absolute atomic E-state index is 0.258. The maximum absolute atomic E-state index is 10.9. The van der Waals surface area contributed by atoms with Gasteiger partial charge in [0.1, 0.15) is 12.4 Å². The highest BCUT2D eigenvalue weighted by molar-refractivity contribution is 9.10. The van der Waals surface area contributed by atoms with Gasteiger partial charge in [-0.05, 0) is 60.5 Å². The van der Waals surface area contributed by atoms with Gasteiger partial charge in [-0.1, -0.05) is 45.7 Å². The summed E-state index contributed by atoms with van der Waals surface area (Å²) in [5.41, 5.74) is 4.12. The van der Waals surface area contributed by atoms with Crippen molar-refractivity contribution in [3.05, 3.63) is 92.4 Å². The van der Waals surface area contributed by atoms with Crippen LogP contribution in [-0.2, 0) is 13.2 Å². The number of anilines is 1. The van der Waals surface area contributed by atoms with Crippen molar-refractivity contribution >= 4 is 39.2 Å². The van der Waals surface area contributed by atoms with Crippen LogP contribution in [0.2, 0.25) is 5.02 Å². The van der Waals surface area contributed by atoms with E-state index in [1.807, 2.05) is 43.3 Å². The molecule has 0 spiro atoms. The van der Waals surface area contributed by atoms with Crippen LogP contribution < -0.4 is 10.1 Å². The molecule has 0 aromatic heterocycles. The number of aromatic carboxylic acids is 1. The minimum atomic E-state index is -0.940. The zero-order valence-corrected chi connectivity index (χ0v) is 17.5. The van der Waals surface area contributed by atoms with Gasteiger partial charge >= 0.3 is 5.97 Å². The largest absolute Gasteiger partial charge is 0.489 e. The van der Waals surface area contributed by atoms with Crippen LogP contribution in [0.1, 0.15) is 27.0 Å². The van der Waals surface area contributed by atoms with Crippen LogP contribution in [0.3, 0.4) is 0 Å². The molecule has 0 saturated carbocycles. The summed E-state index contributed by atoms with van der Waals surface area (Å²) < 4.78 is 6.94. The van der Waals surface area contributed by atoms with Crippen LogP contribution in [0.4, 0.5) is 5.69 Å². The Morgan fingerprint density at radius 2 is 1.86 bits per heavy atom. The van der Waals surface area contributed by atoms with Gasteiger partial charge in [0.25, 0.3) is 0 Å². The van der Waals surface area contributed by atoms with Gasteiger partial charge in [0.2, 0.25) is 0 Å². The van der Waals surface area contributed by atoms with Crippen molar-refractivity contribution in [2.24, 2.45) is 0 Å². The molecule has 28 heavy (non-hydrogen) atoms. The highest BCUT2D eigenvalue weighted by atomic mass is 79.9. The van der Waals surface area contributed by atoms with E-state index < -0.39 is 5.97 Å². The third-order valence-corrected chi connectivity index (χ3v) is 5.17. The normalized spacial score (nSPS) is 10.5. The van der Waals surface area contributed by atoms with Gasteiger partial charge in [-0.3, -0.25) is 0 Å². The highest BCUT2D eigenvalue weighted by Crippen LogP contribution is 2.26. The fourth-order valence-electron chi connectivity index (χ4n) is 2.63. The van der Waals surface area contributed by atoms with E-state index >= 15 is 0 Å². The topological polar surface area (TPSA) is 58.6 Å². The second kappa shape index (κ2) is 9.13. The second-order valence-electron chi connectivity index (χ2n) is 6.36. The lowest BCUT2D eigenvalue weighted by Gasteiger charge is -2.14. The first-order valence-corrected chi connectivity index (χ1v) is 9.83. The molecule has 0 unspecified atom stereocenters. The predicted octanol–water partition coefficient (Wildman–Crippen LogP) is 6.30. The predicted molar refractivity (Wildman–Crippen MR) is 115 cm³/mol. The van der Waals surface area contributed by atoms with Crippen molar-refractivity contribution in [2.45, 2.75) is 20.1 Å². The van der Waals surface area contributed by atoms with Crippen LogP contribution in [0.15, 0.2) is 65.1 Å². The number of nitrogens with one attached hydrogen (secondary N) is 1. The number of halogens is 2. The summed E-state index contributed by atoms with van der Waals surface area (Å²) in [4.78, 5) is 10.9. The van der Waals surface area contributed by atoms with Crippen molar-refractivity contribution in [2.75, 3.05) is 5.32 Å². The zero-order valence-electron chi connectivity index (χ0n) is 15.2. The van der Waals surface area contributed by atoms with Gasteiger partial charge < -0.3 is 15.2 Å². The van der Waals surface area contributed by atoms with E-state index in [2.05, 4.69) is 21.2 Å². The Morgan fingerprint density at radius 1 is 1.11 bits per heavy atom. The molecule has 0 amide bonds. The summed E-state index contributed by atoms with van der Waals surface area (Å²) in [6, 6.07) is 18.4. The van der Waals surface area contributed by atoms with Crippen molar-refractivity contribution in [1.29, 1.82) is 0 Å². The number of aryl methyl sites for hydroxylation is 1. The Kier molecular flexibility index (Phi) is 6.60. The van der Waals surface area contributed by atoms with Gasteiger partial charge in [-0.2, -0.15) is 0 Å². The first kappa shape index (κ1) is 20.2. The fourth-order valence-corrected chi connectivity index (χ4v) is 3.22. The van der Waals surface area contributed by atoms with Gasteiger partial charge in [-0.15, -0.1) is 0 Å². The first-order chi connectivity index (χ1) is 13.4. The fraction of sp³-hybridized carbons (Fsp3) is 0.136. The highest BCUT2D eigenvalue weighted by Gasteiger charge is 2.07. The van der Waals surface area contributed by atoms with E-state index in [4.69, 9.17) is 21.4 Å². The molecule has 3 aromatic carbocycles. The average Bonchev–Trinajstić information content (AvgIpc) is 2.68. The van der Waals surface area contributed by atoms with Gasteiger partial charge in [0.05, 0.1) is 5.56 Å². The molecule has 0 heterocycles. The zero-order chi connectivity index (χ0) is 20.1. The van der Waals surface area contributed by atoms with Crippen molar-refractivity contribution < 1.29 is 14.6 Å². The number of carboxylic acid groups (broad SMARTS) is 1. The molecule has 3 rings (SSSR count). The van der Waals surface area contributed by atoms with Crippen LogP contribution >= 0.6 is 27.5 Å². The Labute approximate surface area is 177 Å². The molecule has 0 atom stereocenters. The number of hydrogen-bond acceptors (Lipinski definition) is 3. The van der Waals surface area contributed by atoms with Crippen molar-refractivity contribution in [3.63, 3.8) is 0 Å². The Bertz CT molecular complexity index is 990. The summed E-state index contributed by atoms with van der Waals surface area (Å²) >= 11 is 9.69. The molecular formula is C22H19BrClNO3. The monoisotopic (exact) mass is 459 g/mol. The van der Waals surface area contributed by atoms with E-state index in [1.54, 1.807) is 24.3 Å². The Morgan fingerprint density at radius 3 is 2.54 bits per heavy atom. The van der Waals surface area contributed by atoms with E-state index in [1.165, 1.54) is 0 Å². The molecule has 0 bridgehead atoms. The Balaban J connectivity index is 1.69. The molecule has 0 radical (unpaired) electrons. The molecule has 144 valence electrons. The van der Waals surface area contributed by atoms with E-state index in [0.717, 1.165) is 37.6 Å². The van der Waals surface area contributed by atoms with Gasteiger partial charge in [-0.25, -0.2) is 4.79 Å². The molecule has 2 N–H and O–H groups in total. The lowest BCUT2D eigenvalue weighted by molar-refractivity contribution is 0.0697. The average molecular weight is 461 g/mol. The number of ether oxygens (including phenoxy) is 1. The first-order valence-electron chi connectivity index (χ1n) is 8.66. The molecule has 0 saturated heterocycles. The number of carbonyl (C=O) groups is 1. The molecule has 0 aliphatic rings. The van der Waals surface area contributed by atoms with Crippen LogP contribution in [-0.4, -0.2) is 11.1 Å². The third kappa shape index (κ3) is 5.27. The summed E-state index contributed by atoms with van der Waals surface area (Å²) in [5.74, 6) is -0.179. The van der Waals surface area contributed by atoms with E-state index in [-0.39, 0.29) is 5.56 Å². The summed E-state index contributed by atoms with van der Waals surface area (Å²) in [6.07, 6.45) is 0. The standard InChI is InChI=1S/C22H19BrClNO3/c1-14-2-8-19(11-20(14)24)25-12-17-10-18(23)7-9-21(17)28-13-15-3-5-16(6-4-15)22(26)27/h2-11,25H,12-13H2,1H3,(H,26,27). The molecule has 4 nitrogen and oxygen atoms in total. The molecule has 0 aliphatic carbocycles. The number of benzene rings is 3. The van der Waals surface area contributed by atoms with Crippen LogP contribution in [0, 0.1) is 6.92 Å². The quantitative estimate of drug-likeness (QED) is 0.434. The lowest BCUT2D eigenvalue weighted by Crippen LogP contribution is -2.04. The number of rotatable bonds is 7. The van der Waals surface area contributed by atoms with Gasteiger partial charge in [0, 0.05) is 27.3 Å². The van der Waals surface area contributed by atoms with Crippen molar-refractivity contribution in [1.82, 2.24) is 0 Å². The number of carboxylic acids is 1. The summed E-state index contributed by atoms with van der Waals surface area (Å²) in [5, 5.41) is 13.1. The molecular weight excluding hydrogens is 442 g/mol. The molecule has 0 fully saturated rings. The Hall–Kier alpha value is -2.50. The van der Waals surface area contributed by atoms with E-state index in [9.17, 15) is 4.79 Å². The summed E-state index contributed by atoms with van der Waals surface area (Å²) in [7, 11) is 0. The maximum Gasteiger partial charge on any atom is 0.335 e. The number of hydrogen-bond donors (Lipinski definition) is 2. The van der Waals surface area contributed by atoms with Gasteiger partial charge in [0.15, 0.2) is 0 Å². The molecule has 3 aromatic rings. The second-order valence-corrected chi connectivity index (χ2v) is 7.68.